The summed E-state index contributed by atoms with van der Waals surface area (Å²) in [4.78, 5) is 25.2. The maximum absolute atomic E-state index is 11.7. The Bertz CT molecular complexity index is 300. The van der Waals surface area contributed by atoms with Gasteiger partial charge in [-0.15, -0.1) is 0 Å². The van der Waals surface area contributed by atoms with Crippen molar-refractivity contribution in [3.8, 4) is 0 Å². The Morgan fingerprint density at radius 1 is 1.38 bits per heavy atom. The fraction of sp³-hybridized carbons (Fsp3) is 0.778. The zero-order chi connectivity index (χ0) is 9.05. The summed E-state index contributed by atoms with van der Waals surface area (Å²) in [5.74, 6) is 0.226. The maximum atomic E-state index is 11.7. The lowest BCUT2D eigenvalue weighted by Crippen LogP contribution is -2.72. The summed E-state index contributed by atoms with van der Waals surface area (Å²) in [6.07, 6.45) is 3.54. The Hall–Kier alpha value is -1.06. The predicted molar refractivity (Wildman–Crippen MR) is 44.8 cm³/mol. The number of nitrogens with one attached hydrogen (secondary N) is 1. The molecule has 0 unspecified atom stereocenters. The molecule has 4 aliphatic rings. The molecule has 4 aliphatic heterocycles. The normalized spacial score (nSPS) is 42.2. The second kappa shape index (κ2) is 2.05. The first-order valence-electron chi connectivity index (χ1n) is 4.86. The van der Waals surface area contributed by atoms with Crippen molar-refractivity contribution in [1.29, 1.82) is 0 Å². The number of hydrogen-bond donors (Lipinski definition) is 1. The van der Waals surface area contributed by atoms with Gasteiger partial charge in [-0.3, -0.25) is 9.59 Å². The van der Waals surface area contributed by atoms with Crippen LogP contribution < -0.4 is 5.32 Å². The quantitative estimate of drug-likeness (QED) is 0.553. The molecule has 4 rings (SSSR count). The highest BCUT2D eigenvalue weighted by atomic mass is 16.2. The molecular weight excluding hydrogens is 168 g/mol. The van der Waals surface area contributed by atoms with E-state index in [-0.39, 0.29) is 17.9 Å². The van der Waals surface area contributed by atoms with E-state index in [2.05, 4.69) is 5.32 Å². The van der Waals surface area contributed by atoms with Crippen LogP contribution in [0.25, 0.3) is 0 Å². The lowest BCUT2D eigenvalue weighted by molar-refractivity contribution is -0.160. The predicted octanol–water partition coefficient (Wildman–Crippen LogP) is -0.360. The summed E-state index contributed by atoms with van der Waals surface area (Å²) in [5, 5.41) is 2.80. The molecule has 0 aliphatic carbocycles. The third-order valence-corrected chi connectivity index (χ3v) is 3.63. The van der Waals surface area contributed by atoms with Crippen molar-refractivity contribution in [2.75, 3.05) is 6.54 Å². The molecule has 2 atom stereocenters. The highest BCUT2D eigenvalue weighted by Gasteiger charge is 2.58. The monoisotopic (exact) mass is 180 g/mol. The van der Waals surface area contributed by atoms with Crippen LogP contribution >= 0.6 is 0 Å². The number of piperazine rings is 1. The van der Waals surface area contributed by atoms with Gasteiger partial charge in [0.05, 0.1) is 0 Å². The first kappa shape index (κ1) is 7.35. The largest absolute Gasteiger partial charge is 0.342 e. The van der Waals surface area contributed by atoms with Gasteiger partial charge in [-0.2, -0.15) is 0 Å². The Kier molecular flexibility index (Phi) is 1.16. The first-order chi connectivity index (χ1) is 6.24. The molecule has 4 heteroatoms. The Morgan fingerprint density at radius 3 is 2.92 bits per heavy atom. The summed E-state index contributed by atoms with van der Waals surface area (Å²) >= 11 is 0. The van der Waals surface area contributed by atoms with E-state index in [4.69, 9.17) is 0 Å². The molecule has 0 radical (unpaired) electrons. The minimum absolute atomic E-state index is 0.0841. The van der Waals surface area contributed by atoms with Crippen molar-refractivity contribution in [2.45, 2.75) is 37.3 Å². The van der Waals surface area contributed by atoms with Gasteiger partial charge in [-0.25, -0.2) is 0 Å². The lowest BCUT2D eigenvalue weighted by atomic mass is 9.79. The molecule has 4 fully saturated rings. The highest BCUT2D eigenvalue weighted by molar-refractivity contribution is 6.01. The molecule has 2 amide bonds. The topological polar surface area (TPSA) is 49.4 Å². The number of carbonyl (C=O) groups is 2. The fourth-order valence-corrected chi connectivity index (χ4v) is 2.93. The average Bonchev–Trinajstić information content (AvgIpc) is 2.54. The first-order valence-corrected chi connectivity index (χ1v) is 4.86. The molecule has 70 valence electrons. The van der Waals surface area contributed by atoms with Gasteiger partial charge in [-0.05, 0) is 25.7 Å². The van der Waals surface area contributed by atoms with Gasteiger partial charge in [0.15, 0.2) is 0 Å². The molecule has 13 heavy (non-hydrogen) atoms. The van der Waals surface area contributed by atoms with Crippen LogP contribution in [0, 0.1) is 0 Å². The number of rotatable bonds is 0. The van der Waals surface area contributed by atoms with E-state index >= 15 is 0 Å². The van der Waals surface area contributed by atoms with Crippen LogP contribution in [0.3, 0.4) is 0 Å². The number of piperidine rings is 2. The summed E-state index contributed by atoms with van der Waals surface area (Å²) in [5.41, 5.74) is -0.439. The van der Waals surface area contributed by atoms with Crippen molar-refractivity contribution in [2.24, 2.45) is 0 Å². The minimum atomic E-state index is -0.439. The number of fused-ring (bicyclic) bond motifs is 2. The van der Waals surface area contributed by atoms with Gasteiger partial charge >= 0.3 is 0 Å². The molecule has 2 bridgehead atoms. The van der Waals surface area contributed by atoms with Crippen molar-refractivity contribution < 1.29 is 9.59 Å². The third-order valence-electron chi connectivity index (χ3n) is 3.63. The van der Waals surface area contributed by atoms with Crippen LogP contribution in [0.15, 0.2) is 0 Å². The minimum Gasteiger partial charge on any atom is -0.342 e. The van der Waals surface area contributed by atoms with Crippen LogP contribution in [0.4, 0.5) is 0 Å². The van der Waals surface area contributed by atoms with E-state index in [1.165, 1.54) is 0 Å². The van der Waals surface area contributed by atoms with Gasteiger partial charge in [0.1, 0.15) is 11.6 Å². The van der Waals surface area contributed by atoms with Crippen LogP contribution in [0.5, 0.6) is 0 Å². The SMILES string of the molecule is O=C1[C@H]2CC[C@]3(CCCN13)C(=O)N2. The summed E-state index contributed by atoms with van der Waals surface area (Å²) < 4.78 is 0. The fourth-order valence-electron chi connectivity index (χ4n) is 2.93. The van der Waals surface area contributed by atoms with Gasteiger partial charge in [0, 0.05) is 6.54 Å². The van der Waals surface area contributed by atoms with Gasteiger partial charge in [0.25, 0.3) is 0 Å². The zero-order valence-electron chi connectivity index (χ0n) is 7.38. The molecule has 1 spiro atoms. The number of carbonyl (C=O) groups excluding carboxylic acids is 2. The Balaban J connectivity index is 2.10. The highest BCUT2D eigenvalue weighted by Crippen LogP contribution is 2.41. The number of hydrogen-bond acceptors (Lipinski definition) is 2. The summed E-state index contributed by atoms with van der Waals surface area (Å²) in [6.45, 7) is 0.781. The van der Waals surface area contributed by atoms with Crippen LogP contribution in [-0.2, 0) is 9.59 Å². The van der Waals surface area contributed by atoms with Crippen LogP contribution in [-0.4, -0.2) is 34.8 Å². The summed E-state index contributed by atoms with van der Waals surface area (Å²) in [7, 11) is 0. The maximum Gasteiger partial charge on any atom is 0.246 e. The second-order valence-corrected chi connectivity index (χ2v) is 4.19. The Morgan fingerprint density at radius 2 is 2.23 bits per heavy atom. The van der Waals surface area contributed by atoms with Crippen LogP contribution in [0.1, 0.15) is 25.7 Å². The van der Waals surface area contributed by atoms with Crippen molar-refractivity contribution in [1.82, 2.24) is 10.2 Å². The molecule has 1 N–H and O–H groups in total. The molecule has 4 nitrogen and oxygen atoms in total. The third kappa shape index (κ3) is 0.677. The molecule has 0 aromatic heterocycles. The molecule has 0 aromatic rings. The number of amides is 2. The van der Waals surface area contributed by atoms with E-state index in [1.807, 2.05) is 0 Å². The number of nitrogens with zero attached hydrogens (tertiary/aromatic N) is 1. The van der Waals surface area contributed by atoms with E-state index in [0.717, 1.165) is 32.2 Å². The van der Waals surface area contributed by atoms with E-state index in [9.17, 15) is 9.59 Å². The second-order valence-electron chi connectivity index (χ2n) is 4.19. The molecule has 0 aromatic carbocycles. The average molecular weight is 180 g/mol. The van der Waals surface area contributed by atoms with E-state index in [1.54, 1.807) is 4.90 Å². The van der Waals surface area contributed by atoms with Gasteiger partial charge in [-0.1, -0.05) is 0 Å². The zero-order valence-corrected chi connectivity index (χ0v) is 7.38. The van der Waals surface area contributed by atoms with E-state index < -0.39 is 5.54 Å². The van der Waals surface area contributed by atoms with Crippen molar-refractivity contribution in [3.05, 3.63) is 0 Å². The standard InChI is InChI=1S/C9H12N2O2/c12-7-6-2-4-9(8(13)10-6)3-1-5-11(7)9/h6H,1-5H2,(H,10,13)/t6-,9-/m1/s1. The van der Waals surface area contributed by atoms with Crippen molar-refractivity contribution >= 4 is 11.8 Å². The Labute approximate surface area is 76.3 Å². The van der Waals surface area contributed by atoms with Gasteiger partial charge in [0.2, 0.25) is 11.8 Å². The van der Waals surface area contributed by atoms with E-state index in [0.29, 0.717) is 0 Å². The summed E-state index contributed by atoms with van der Waals surface area (Å²) in [6, 6.07) is -0.215. The van der Waals surface area contributed by atoms with Crippen molar-refractivity contribution in [3.63, 3.8) is 0 Å². The lowest BCUT2D eigenvalue weighted by Gasteiger charge is -2.49. The van der Waals surface area contributed by atoms with Gasteiger partial charge < -0.3 is 10.2 Å². The molecule has 4 heterocycles. The van der Waals surface area contributed by atoms with Crippen LogP contribution in [0.2, 0.25) is 0 Å². The molecule has 4 saturated heterocycles. The smallest absolute Gasteiger partial charge is 0.246 e. The molecular formula is C9H12N2O2. The molecule has 0 saturated carbocycles.